The number of nitrogens with one attached hydrogen (secondary N) is 1. The van der Waals surface area contributed by atoms with E-state index in [1.54, 1.807) is 14.2 Å². The summed E-state index contributed by atoms with van der Waals surface area (Å²) in [5, 5.41) is 2.88. The van der Waals surface area contributed by atoms with Crippen molar-refractivity contribution in [2.24, 2.45) is 5.73 Å². The highest BCUT2D eigenvalue weighted by atomic mass is 16.5. The maximum atomic E-state index is 11.8. The molecule has 2 amide bonds. The van der Waals surface area contributed by atoms with Gasteiger partial charge in [0, 0.05) is 19.4 Å². The third-order valence-corrected chi connectivity index (χ3v) is 3.51. The summed E-state index contributed by atoms with van der Waals surface area (Å²) in [6, 6.07) is 5.65. The van der Waals surface area contributed by atoms with Crippen LogP contribution in [0.5, 0.6) is 11.5 Å². The number of carbonyl (C=O) groups excluding carboxylic acids is 2. The third kappa shape index (κ3) is 7.54. The number of benzene rings is 1. The van der Waals surface area contributed by atoms with Crippen molar-refractivity contribution in [2.75, 3.05) is 20.8 Å². The second kappa shape index (κ2) is 10.5. The van der Waals surface area contributed by atoms with Crippen LogP contribution in [0.4, 0.5) is 0 Å². The van der Waals surface area contributed by atoms with Crippen molar-refractivity contribution in [2.45, 2.75) is 38.5 Å². The smallest absolute Gasteiger partial charge is 0.220 e. The molecule has 0 radical (unpaired) electrons. The van der Waals surface area contributed by atoms with Crippen LogP contribution in [0.2, 0.25) is 0 Å². The highest BCUT2D eigenvalue weighted by Crippen LogP contribution is 2.27. The third-order valence-electron chi connectivity index (χ3n) is 3.51. The Morgan fingerprint density at radius 2 is 1.78 bits per heavy atom. The number of ether oxygens (including phenoxy) is 2. The predicted molar refractivity (Wildman–Crippen MR) is 88.5 cm³/mol. The number of primary amides is 1. The monoisotopic (exact) mass is 322 g/mol. The number of amides is 2. The van der Waals surface area contributed by atoms with E-state index in [1.807, 2.05) is 18.2 Å². The number of nitrogens with two attached hydrogens (primary N) is 1. The molecule has 1 rings (SSSR count). The molecule has 0 aliphatic carbocycles. The Labute approximate surface area is 137 Å². The van der Waals surface area contributed by atoms with E-state index < -0.39 is 0 Å². The normalized spacial score (nSPS) is 10.2. The first kappa shape index (κ1) is 18.8. The standard InChI is InChI=1S/C17H26N2O4/c1-22-14-9-7-13(12-15(14)23-2)8-10-17(21)19-11-5-3-4-6-16(18)20/h7,9,12H,3-6,8,10-11H2,1-2H3,(H2,18,20)(H,19,21). The molecular formula is C17H26N2O4. The minimum absolute atomic E-state index is 0.0229. The van der Waals surface area contributed by atoms with Crippen molar-refractivity contribution < 1.29 is 19.1 Å². The van der Waals surface area contributed by atoms with Gasteiger partial charge in [0.2, 0.25) is 11.8 Å². The second-order valence-electron chi connectivity index (χ2n) is 5.32. The molecule has 6 heteroatoms. The maximum Gasteiger partial charge on any atom is 0.220 e. The van der Waals surface area contributed by atoms with Gasteiger partial charge >= 0.3 is 0 Å². The lowest BCUT2D eigenvalue weighted by Crippen LogP contribution is -2.24. The van der Waals surface area contributed by atoms with Crippen molar-refractivity contribution in [3.63, 3.8) is 0 Å². The van der Waals surface area contributed by atoms with E-state index in [0.29, 0.717) is 37.3 Å². The van der Waals surface area contributed by atoms with Gasteiger partial charge in [0.05, 0.1) is 14.2 Å². The van der Waals surface area contributed by atoms with Crippen molar-refractivity contribution in [3.05, 3.63) is 23.8 Å². The van der Waals surface area contributed by atoms with Crippen LogP contribution < -0.4 is 20.5 Å². The topological polar surface area (TPSA) is 90.6 Å². The Hall–Kier alpha value is -2.24. The van der Waals surface area contributed by atoms with E-state index in [9.17, 15) is 9.59 Å². The van der Waals surface area contributed by atoms with Crippen LogP contribution in [0.15, 0.2) is 18.2 Å². The van der Waals surface area contributed by atoms with Gasteiger partial charge < -0.3 is 20.5 Å². The highest BCUT2D eigenvalue weighted by molar-refractivity contribution is 5.76. The van der Waals surface area contributed by atoms with Crippen LogP contribution in [0.1, 0.15) is 37.7 Å². The molecule has 0 spiro atoms. The maximum absolute atomic E-state index is 11.8. The number of hydrogen-bond acceptors (Lipinski definition) is 4. The van der Waals surface area contributed by atoms with E-state index in [-0.39, 0.29) is 11.8 Å². The molecular weight excluding hydrogens is 296 g/mol. The molecule has 0 aromatic heterocycles. The molecule has 0 saturated carbocycles. The predicted octanol–water partition coefficient (Wildman–Crippen LogP) is 1.80. The zero-order valence-corrected chi connectivity index (χ0v) is 13.9. The molecule has 6 nitrogen and oxygen atoms in total. The summed E-state index contributed by atoms with van der Waals surface area (Å²) in [5.41, 5.74) is 6.09. The minimum atomic E-state index is -0.274. The number of aryl methyl sites for hydroxylation is 1. The van der Waals surface area contributed by atoms with Crippen molar-refractivity contribution >= 4 is 11.8 Å². The summed E-state index contributed by atoms with van der Waals surface area (Å²) >= 11 is 0. The Balaban J connectivity index is 2.24. The molecule has 0 unspecified atom stereocenters. The van der Waals surface area contributed by atoms with Crippen LogP contribution in [0, 0.1) is 0 Å². The van der Waals surface area contributed by atoms with Crippen LogP contribution in [0.3, 0.4) is 0 Å². The van der Waals surface area contributed by atoms with Crippen molar-refractivity contribution in [3.8, 4) is 11.5 Å². The molecule has 0 bridgehead atoms. The first-order valence-corrected chi connectivity index (χ1v) is 7.82. The minimum Gasteiger partial charge on any atom is -0.493 e. The van der Waals surface area contributed by atoms with E-state index in [0.717, 1.165) is 24.8 Å². The zero-order chi connectivity index (χ0) is 17.1. The summed E-state index contributed by atoms with van der Waals surface area (Å²) in [4.78, 5) is 22.4. The quantitative estimate of drug-likeness (QED) is 0.608. The Bertz CT molecular complexity index is 517. The lowest BCUT2D eigenvalue weighted by Gasteiger charge is -2.09. The number of carbonyl (C=O) groups is 2. The molecule has 1 aromatic rings. The fourth-order valence-corrected chi connectivity index (χ4v) is 2.21. The molecule has 3 N–H and O–H groups in total. The van der Waals surface area contributed by atoms with Crippen molar-refractivity contribution in [1.82, 2.24) is 5.32 Å². The summed E-state index contributed by atoms with van der Waals surface area (Å²) in [5.74, 6) is 1.09. The Morgan fingerprint density at radius 1 is 1.04 bits per heavy atom. The van der Waals surface area contributed by atoms with Crippen LogP contribution >= 0.6 is 0 Å². The Kier molecular flexibility index (Phi) is 8.57. The van der Waals surface area contributed by atoms with E-state index in [2.05, 4.69) is 5.32 Å². The molecule has 0 fully saturated rings. The van der Waals surface area contributed by atoms with Gasteiger partial charge in [-0.2, -0.15) is 0 Å². The SMILES string of the molecule is COc1ccc(CCC(=O)NCCCCCC(N)=O)cc1OC. The molecule has 0 heterocycles. The van der Waals surface area contributed by atoms with E-state index in [4.69, 9.17) is 15.2 Å². The van der Waals surface area contributed by atoms with Crippen molar-refractivity contribution in [1.29, 1.82) is 0 Å². The molecule has 0 aliphatic rings. The molecule has 0 saturated heterocycles. The van der Waals surface area contributed by atoms with Gasteiger partial charge in [-0.25, -0.2) is 0 Å². The fourth-order valence-electron chi connectivity index (χ4n) is 2.21. The second-order valence-corrected chi connectivity index (χ2v) is 5.32. The largest absolute Gasteiger partial charge is 0.493 e. The average Bonchev–Trinajstić information content (AvgIpc) is 2.55. The molecule has 1 aromatic carbocycles. The van der Waals surface area contributed by atoms with Gasteiger partial charge in [-0.15, -0.1) is 0 Å². The van der Waals surface area contributed by atoms with Gasteiger partial charge in [0.15, 0.2) is 11.5 Å². The van der Waals surface area contributed by atoms with Crippen LogP contribution in [0.25, 0.3) is 0 Å². The number of unbranched alkanes of at least 4 members (excludes halogenated alkanes) is 2. The van der Waals surface area contributed by atoms with Gasteiger partial charge in [0.25, 0.3) is 0 Å². The van der Waals surface area contributed by atoms with Crippen LogP contribution in [-0.4, -0.2) is 32.6 Å². The van der Waals surface area contributed by atoms with Gasteiger partial charge in [-0.3, -0.25) is 9.59 Å². The molecule has 23 heavy (non-hydrogen) atoms. The lowest BCUT2D eigenvalue weighted by atomic mass is 10.1. The van der Waals surface area contributed by atoms with E-state index in [1.165, 1.54) is 0 Å². The highest BCUT2D eigenvalue weighted by Gasteiger charge is 2.06. The van der Waals surface area contributed by atoms with Crippen LogP contribution in [-0.2, 0) is 16.0 Å². The molecule has 128 valence electrons. The first-order valence-electron chi connectivity index (χ1n) is 7.82. The summed E-state index contributed by atoms with van der Waals surface area (Å²) in [7, 11) is 3.18. The van der Waals surface area contributed by atoms with Gasteiger partial charge in [-0.05, 0) is 37.0 Å². The first-order chi connectivity index (χ1) is 11.1. The zero-order valence-electron chi connectivity index (χ0n) is 13.9. The summed E-state index contributed by atoms with van der Waals surface area (Å²) in [6.07, 6.45) is 4.00. The number of rotatable bonds is 11. The molecule has 0 aliphatic heterocycles. The van der Waals surface area contributed by atoms with Gasteiger partial charge in [-0.1, -0.05) is 12.5 Å². The average molecular weight is 322 g/mol. The number of hydrogen-bond donors (Lipinski definition) is 2. The lowest BCUT2D eigenvalue weighted by molar-refractivity contribution is -0.121. The van der Waals surface area contributed by atoms with E-state index >= 15 is 0 Å². The molecule has 0 atom stereocenters. The van der Waals surface area contributed by atoms with Gasteiger partial charge in [0.1, 0.15) is 0 Å². The Morgan fingerprint density at radius 3 is 2.43 bits per heavy atom. The fraction of sp³-hybridized carbons (Fsp3) is 0.529. The summed E-state index contributed by atoms with van der Waals surface area (Å²) in [6.45, 7) is 0.629. The number of methoxy groups -OCH3 is 2. The summed E-state index contributed by atoms with van der Waals surface area (Å²) < 4.78 is 10.4.